The van der Waals surface area contributed by atoms with E-state index in [0.29, 0.717) is 5.56 Å². The second kappa shape index (κ2) is 6.21. The first-order valence-electron chi connectivity index (χ1n) is 6.02. The van der Waals surface area contributed by atoms with Gasteiger partial charge in [-0.05, 0) is 43.7 Å². The number of benzene rings is 1. The van der Waals surface area contributed by atoms with Gasteiger partial charge in [-0.15, -0.1) is 0 Å². The summed E-state index contributed by atoms with van der Waals surface area (Å²) in [4.78, 5) is 0. The molecule has 0 amide bonds. The van der Waals surface area contributed by atoms with E-state index in [2.05, 4.69) is 0 Å². The van der Waals surface area contributed by atoms with Gasteiger partial charge in [0.05, 0.1) is 0 Å². The lowest BCUT2D eigenvalue weighted by molar-refractivity contribution is -0.291. The highest BCUT2D eigenvalue weighted by Gasteiger charge is 2.59. The largest absolute Gasteiger partial charge is 0.402 e. The van der Waals surface area contributed by atoms with Crippen molar-refractivity contribution in [3.63, 3.8) is 0 Å². The van der Waals surface area contributed by atoms with Gasteiger partial charge in [-0.1, -0.05) is 6.07 Å². The molecule has 0 saturated heterocycles. The van der Waals surface area contributed by atoms with Gasteiger partial charge in [-0.3, -0.25) is 0 Å². The summed E-state index contributed by atoms with van der Waals surface area (Å²) in [6.45, 7) is 1.50. The molecule has 0 fully saturated rings. The smallest absolute Gasteiger partial charge is 0.316 e. The molecule has 0 bridgehead atoms. The Morgan fingerprint density at radius 2 is 1.57 bits per heavy atom. The van der Waals surface area contributed by atoms with Crippen molar-refractivity contribution in [1.82, 2.24) is 5.32 Å². The Morgan fingerprint density at radius 1 is 1.05 bits per heavy atom. The minimum Gasteiger partial charge on any atom is -0.316 e. The third-order valence-corrected chi connectivity index (χ3v) is 3.23. The van der Waals surface area contributed by atoms with Crippen molar-refractivity contribution >= 4 is 0 Å². The van der Waals surface area contributed by atoms with Crippen LogP contribution in [0.25, 0.3) is 0 Å². The van der Waals surface area contributed by atoms with Crippen LogP contribution in [0.2, 0.25) is 0 Å². The Kier molecular flexibility index (Phi) is 5.25. The van der Waals surface area contributed by atoms with E-state index in [1.165, 1.54) is 13.0 Å². The molecule has 0 aliphatic rings. The highest BCUT2D eigenvalue weighted by molar-refractivity contribution is 5.27. The second-order valence-corrected chi connectivity index (χ2v) is 4.73. The maximum absolute atomic E-state index is 13.1. The molecular weight excluding hydrogens is 303 g/mol. The normalized spacial score (nSPS) is 14.6. The summed E-state index contributed by atoms with van der Waals surface area (Å²) in [5, 5.41) is 2.05. The van der Waals surface area contributed by atoms with E-state index in [9.17, 15) is 30.7 Å². The first-order chi connectivity index (χ1) is 9.46. The van der Waals surface area contributed by atoms with E-state index in [0.717, 1.165) is 19.2 Å². The highest BCUT2D eigenvalue weighted by atomic mass is 19.4. The lowest BCUT2D eigenvalue weighted by Gasteiger charge is -2.30. The van der Waals surface area contributed by atoms with E-state index < -0.39 is 36.6 Å². The number of likely N-dealkylation sites (N-methyl/N-ethyl adjacent to an activating group) is 1. The van der Waals surface area contributed by atoms with E-state index in [4.69, 9.17) is 0 Å². The topological polar surface area (TPSA) is 12.0 Å². The molecule has 1 unspecified atom stereocenters. The molecule has 21 heavy (non-hydrogen) atoms. The summed E-state index contributed by atoms with van der Waals surface area (Å²) >= 11 is 0. The van der Waals surface area contributed by atoms with Gasteiger partial charge in [0.25, 0.3) is 0 Å². The number of rotatable bonds is 4. The van der Waals surface area contributed by atoms with Gasteiger partial charge in [0.2, 0.25) is 0 Å². The lowest BCUT2D eigenvalue weighted by Crippen LogP contribution is -2.51. The van der Waals surface area contributed by atoms with Crippen LogP contribution in [0.3, 0.4) is 0 Å². The molecule has 0 saturated carbocycles. The standard InChI is InChI=1S/C13H14F7N/c1-7-3-4-9(14)5-8(7)6-10(21-2)11(12(15,16)17)13(18,19)20/h3-5,10-11,21H,6H2,1-2H3. The third kappa shape index (κ3) is 4.59. The van der Waals surface area contributed by atoms with Gasteiger partial charge in [0.1, 0.15) is 5.82 Å². The minimum atomic E-state index is -5.44. The number of halogens is 7. The molecule has 0 aliphatic carbocycles. The molecule has 1 aromatic carbocycles. The van der Waals surface area contributed by atoms with Gasteiger partial charge >= 0.3 is 12.4 Å². The first kappa shape index (κ1) is 17.7. The Morgan fingerprint density at radius 3 is 2.00 bits per heavy atom. The van der Waals surface area contributed by atoms with Crippen LogP contribution >= 0.6 is 0 Å². The van der Waals surface area contributed by atoms with Crippen molar-refractivity contribution in [1.29, 1.82) is 0 Å². The van der Waals surface area contributed by atoms with Crippen LogP contribution in [-0.4, -0.2) is 25.4 Å². The zero-order chi connectivity index (χ0) is 16.4. The Hall–Kier alpha value is -1.31. The predicted octanol–water partition coefficient (Wildman–Crippen LogP) is 4.01. The summed E-state index contributed by atoms with van der Waals surface area (Å²) in [7, 11) is 1.02. The Balaban J connectivity index is 3.13. The van der Waals surface area contributed by atoms with Crippen molar-refractivity contribution in [3.05, 3.63) is 35.1 Å². The lowest BCUT2D eigenvalue weighted by atomic mass is 9.90. The number of nitrogens with one attached hydrogen (secondary N) is 1. The molecular formula is C13H14F7N. The molecule has 1 atom stereocenters. The van der Waals surface area contributed by atoms with Crippen LogP contribution in [0, 0.1) is 18.7 Å². The maximum Gasteiger partial charge on any atom is 0.402 e. The van der Waals surface area contributed by atoms with Crippen LogP contribution in [0.5, 0.6) is 0 Å². The number of aryl methyl sites for hydroxylation is 1. The molecule has 0 spiro atoms. The fourth-order valence-electron chi connectivity index (χ4n) is 2.13. The third-order valence-electron chi connectivity index (χ3n) is 3.23. The van der Waals surface area contributed by atoms with Crippen molar-refractivity contribution < 1.29 is 30.7 Å². The van der Waals surface area contributed by atoms with Gasteiger partial charge in [-0.25, -0.2) is 4.39 Å². The summed E-state index contributed by atoms with van der Waals surface area (Å²) in [5.41, 5.74) is 0.535. The SMILES string of the molecule is CNC(Cc1cc(F)ccc1C)C(C(F)(F)F)C(F)(F)F. The predicted molar refractivity (Wildman–Crippen MR) is 63.3 cm³/mol. The average molecular weight is 317 g/mol. The summed E-state index contributed by atoms with van der Waals surface area (Å²) in [6, 6.07) is 1.43. The first-order valence-corrected chi connectivity index (χ1v) is 6.02. The molecule has 8 heteroatoms. The fraction of sp³-hybridized carbons (Fsp3) is 0.538. The molecule has 1 rings (SSSR count). The molecule has 1 aromatic rings. The van der Waals surface area contributed by atoms with Gasteiger partial charge in [-0.2, -0.15) is 26.3 Å². The average Bonchev–Trinajstić information content (AvgIpc) is 2.29. The monoisotopic (exact) mass is 317 g/mol. The van der Waals surface area contributed by atoms with Crippen LogP contribution in [-0.2, 0) is 6.42 Å². The van der Waals surface area contributed by atoms with Crippen molar-refractivity contribution in [3.8, 4) is 0 Å². The quantitative estimate of drug-likeness (QED) is 0.828. The van der Waals surface area contributed by atoms with Crippen LogP contribution in [0.15, 0.2) is 18.2 Å². The summed E-state index contributed by atoms with van der Waals surface area (Å²) < 4.78 is 89.3. The maximum atomic E-state index is 13.1. The van der Waals surface area contributed by atoms with Crippen LogP contribution in [0.4, 0.5) is 30.7 Å². The van der Waals surface area contributed by atoms with Gasteiger partial charge < -0.3 is 5.32 Å². The molecule has 0 radical (unpaired) electrons. The number of hydrogen-bond acceptors (Lipinski definition) is 1. The van der Waals surface area contributed by atoms with E-state index >= 15 is 0 Å². The number of hydrogen-bond donors (Lipinski definition) is 1. The molecule has 0 aromatic heterocycles. The van der Waals surface area contributed by atoms with Crippen molar-refractivity contribution in [2.24, 2.45) is 5.92 Å². The number of alkyl halides is 6. The molecule has 0 aliphatic heterocycles. The molecule has 1 N–H and O–H groups in total. The van der Waals surface area contributed by atoms with E-state index in [1.54, 1.807) is 0 Å². The molecule has 0 heterocycles. The zero-order valence-corrected chi connectivity index (χ0v) is 11.2. The molecule has 1 nitrogen and oxygen atoms in total. The van der Waals surface area contributed by atoms with E-state index in [-0.39, 0.29) is 5.56 Å². The Labute approximate surface area is 117 Å². The van der Waals surface area contributed by atoms with Crippen LogP contribution in [0.1, 0.15) is 11.1 Å². The van der Waals surface area contributed by atoms with Crippen molar-refractivity contribution in [2.75, 3.05) is 7.05 Å². The fourth-order valence-corrected chi connectivity index (χ4v) is 2.13. The highest BCUT2D eigenvalue weighted by Crippen LogP contribution is 2.42. The summed E-state index contributed by atoms with van der Waals surface area (Å²) in [6.07, 6.45) is -11.5. The van der Waals surface area contributed by atoms with Gasteiger partial charge in [0.15, 0.2) is 5.92 Å². The van der Waals surface area contributed by atoms with E-state index in [1.807, 2.05) is 5.32 Å². The van der Waals surface area contributed by atoms with Crippen LogP contribution < -0.4 is 5.32 Å². The summed E-state index contributed by atoms with van der Waals surface area (Å²) in [5.74, 6) is -4.22. The van der Waals surface area contributed by atoms with Gasteiger partial charge in [0, 0.05) is 6.04 Å². The minimum absolute atomic E-state index is 0.104. The zero-order valence-electron chi connectivity index (χ0n) is 11.2. The second-order valence-electron chi connectivity index (χ2n) is 4.73. The Bertz CT molecular complexity index is 464. The molecule has 120 valence electrons. The van der Waals surface area contributed by atoms with Crippen molar-refractivity contribution in [2.45, 2.75) is 31.7 Å².